The molecule has 0 aliphatic carbocycles. The number of carbonyl (C=O) groups excluding carboxylic acids is 1. The number of fused-ring (bicyclic) bond motifs is 1. The number of esters is 1. The molecule has 0 atom stereocenters. The number of carboxylic acids is 1. The van der Waals surface area contributed by atoms with Crippen molar-refractivity contribution in [1.82, 2.24) is 0 Å². The van der Waals surface area contributed by atoms with Gasteiger partial charge in [0.25, 0.3) is 0 Å². The van der Waals surface area contributed by atoms with E-state index in [9.17, 15) is 18.8 Å². The van der Waals surface area contributed by atoms with Crippen molar-refractivity contribution in [2.45, 2.75) is 12.8 Å². The first-order chi connectivity index (χ1) is 9.97. The van der Waals surface area contributed by atoms with Crippen LogP contribution in [0.3, 0.4) is 0 Å². The van der Waals surface area contributed by atoms with Gasteiger partial charge in [-0.05, 0) is 30.7 Å². The molecule has 0 fully saturated rings. The smallest absolute Gasteiger partial charge is 0.351 e. The van der Waals surface area contributed by atoms with E-state index in [1.807, 2.05) is 0 Å². The van der Waals surface area contributed by atoms with Gasteiger partial charge in [0.1, 0.15) is 17.0 Å². The number of hydrogen-bond acceptors (Lipinski definition) is 5. The second kappa shape index (κ2) is 6.17. The summed E-state index contributed by atoms with van der Waals surface area (Å²) in [6, 6.07) is 4.73. The molecule has 7 heteroatoms. The van der Waals surface area contributed by atoms with E-state index >= 15 is 0 Å². The Kier molecular flexibility index (Phi) is 4.32. The third kappa shape index (κ3) is 3.65. The third-order valence-electron chi connectivity index (χ3n) is 2.68. The van der Waals surface area contributed by atoms with Gasteiger partial charge in [0.15, 0.2) is 0 Å². The van der Waals surface area contributed by atoms with Crippen molar-refractivity contribution in [2.24, 2.45) is 0 Å². The summed E-state index contributed by atoms with van der Waals surface area (Å²) in [7, 11) is 0. The second-order valence-electron chi connectivity index (χ2n) is 4.26. The molecule has 0 saturated heterocycles. The fourth-order valence-corrected chi connectivity index (χ4v) is 1.70. The van der Waals surface area contributed by atoms with Gasteiger partial charge in [0.2, 0.25) is 0 Å². The number of rotatable bonds is 5. The second-order valence-corrected chi connectivity index (χ2v) is 4.26. The van der Waals surface area contributed by atoms with Crippen molar-refractivity contribution < 1.29 is 28.2 Å². The minimum atomic E-state index is -1.01. The Hall–Kier alpha value is -2.70. The van der Waals surface area contributed by atoms with Gasteiger partial charge in [-0.1, -0.05) is 0 Å². The van der Waals surface area contributed by atoms with Crippen LogP contribution in [0.15, 0.2) is 33.5 Å². The number of ether oxygens (including phenoxy) is 1. The van der Waals surface area contributed by atoms with Crippen molar-refractivity contribution in [2.75, 3.05) is 6.61 Å². The molecule has 2 aromatic rings. The summed E-state index contributed by atoms with van der Waals surface area (Å²) >= 11 is 0. The largest absolute Gasteiger partial charge is 0.481 e. The van der Waals surface area contributed by atoms with Gasteiger partial charge in [-0.25, -0.2) is 14.0 Å². The maximum atomic E-state index is 13.1. The van der Waals surface area contributed by atoms with Crippen molar-refractivity contribution in [3.05, 3.63) is 46.1 Å². The van der Waals surface area contributed by atoms with Crippen LogP contribution in [0.4, 0.5) is 4.39 Å². The molecule has 21 heavy (non-hydrogen) atoms. The SMILES string of the molecule is O=C(O)CCCOC(=O)c1cc2cc(F)ccc2oc1=O. The van der Waals surface area contributed by atoms with Crippen LogP contribution in [0.1, 0.15) is 23.2 Å². The summed E-state index contributed by atoms with van der Waals surface area (Å²) in [5.41, 5.74) is -1.09. The summed E-state index contributed by atoms with van der Waals surface area (Å²) in [5.74, 6) is -2.47. The van der Waals surface area contributed by atoms with E-state index < -0.39 is 23.4 Å². The molecule has 1 N–H and O–H groups in total. The number of halogens is 1. The zero-order valence-corrected chi connectivity index (χ0v) is 10.8. The van der Waals surface area contributed by atoms with E-state index in [2.05, 4.69) is 0 Å². The summed E-state index contributed by atoms with van der Waals surface area (Å²) in [6.45, 7) is -0.133. The molecule has 0 bridgehead atoms. The van der Waals surface area contributed by atoms with E-state index in [1.165, 1.54) is 12.1 Å². The molecule has 1 heterocycles. The first-order valence-electron chi connectivity index (χ1n) is 6.09. The molecule has 1 aromatic heterocycles. The van der Waals surface area contributed by atoms with Gasteiger partial charge >= 0.3 is 17.6 Å². The Morgan fingerprint density at radius 3 is 2.76 bits per heavy atom. The lowest BCUT2D eigenvalue weighted by Crippen LogP contribution is -2.17. The molecule has 0 amide bonds. The fraction of sp³-hybridized carbons (Fsp3) is 0.214. The highest BCUT2D eigenvalue weighted by molar-refractivity contribution is 5.92. The molecule has 0 spiro atoms. The van der Waals surface area contributed by atoms with Gasteiger partial charge in [0.05, 0.1) is 6.61 Å². The number of benzene rings is 1. The van der Waals surface area contributed by atoms with Crippen molar-refractivity contribution >= 4 is 22.9 Å². The molecule has 0 aliphatic heterocycles. The molecule has 0 unspecified atom stereocenters. The zero-order valence-electron chi connectivity index (χ0n) is 10.8. The minimum Gasteiger partial charge on any atom is -0.481 e. The van der Waals surface area contributed by atoms with E-state index in [1.54, 1.807) is 0 Å². The normalized spacial score (nSPS) is 10.5. The fourth-order valence-electron chi connectivity index (χ4n) is 1.70. The summed E-state index contributed by atoms with van der Waals surface area (Å²) in [4.78, 5) is 33.7. The van der Waals surface area contributed by atoms with E-state index in [-0.39, 0.29) is 36.0 Å². The number of aliphatic carboxylic acids is 1. The summed E-state index contributed by atoms with van der Waals surface area (Å²) in [5, 5.41) is 8.70. The maximum Gasteiger partial charge on any atom is 0.351 e. The molecule has 6 nitrogen and oxygen atoms in total. The number of hydrogen-bond donors (Lipinski definition) is 1. The molecular formula is C14H11FO6. The standard InChI is InChI=1S/C14H11FO6/c15-9-3-4-11-8(6-9)7-10(14(19)21-11)13(18)20-5-1-2-12(16)17/h3-4,6-7H,1-2,5H2,(H,16,17). The molecule has 0 saturated carbocycles. The molecular weight excluding hydrogens is 283 g/mol. The van der Waals surface area contributed by atoms with Crippen LogP contribution in [0.2, 0.25) is 0 Å². The Morgan fingerprint density at radius 2 is 2.05 bits per heavy atom. The zero-order chi connectivity index (χ0) is 15.4. The molecule has 2 rings (SSSR count). The quantitative estimate of drug-likeness (QED) is 0.514. The first-order valence-corrected chi connectivity index (χ1v) is 6.09. The predicted octanol–water partition coefficient (Wildman–Crippen LogP) is 1.95. The highest BCUT2D eigenvalue weighted by Crippen LogP contribution is 2.15. The highest BCUT2D eigenvalue weighted by Gasteiger charge is 2.15. The Morgan fingerprint density at radius 1 is 1.29 bits per heavy atom. The predicted molar refractivity (Wildman–Crippen MR) is 69.6 cm³/mol. The number of carboxylic acid groups (broad SMARTS) is 1. The van der Waals surface area contributed by atoms with Crippen molar-refractivity contribution in [3.63, 3.8) is 0 Å². The van der Waals surface area contributed by atoms with Crippen molar-refractivity contribution in [1.29, 1.82) is 0 Å². The third-order valence-corrected chi connectivity index (χ3v) is 2.68. The topological polar surface area (TPSA) is 93.8 Å². The number of carbonyl (C=O) groups is 2. The van der Waals surface area contributed by atoms with Gasteiger partial charge in [-0.15, -0.1) is 0 Å². The van der Waals surface area contributed by atoms with Crippen LogP contribution in [0.5, 0.6) is 0 Å². The van der Waals surface area contributed by atoms with Gasteiger partial charge in [-0.2, -0.15) is 0 Å². The highest BCUT2D eigenvalue weighted by atomic mass is 19.1. The van der Waals surface area contributed by atoms with E-state index in [4.69, 9.17) is 14.3 Å². The Labute approximate surface area is 117 Å². The maximum absolute atomic E-state index is 13.1. The van der Waals surface area contributed by atoms with Crippen LogP contribution in [0.25, 0.3) is 11.0 Å². The lowest BCUT2D eigenvalue weighted by molar-refractivity contribution is -0.137. The van der Waals surface area contributed by atoms with Crippen molar-refractivity contribution in [3.8, 4) is 0 Å². The minimum absolute atomic E-state index is 0.133. The average molecular weight is 294 g/mol. The summed E-state index contributed by atoms with van der Waals surface area (Å²) in [6.07, 6.45) is -0.0144. The van der Waals surface area contributed by atoms with E-state index in [0.717, 1.165) is 12.1 Å². The van der Waals surface area contributed by atoms with Crippen LogP contribution < -0.4 is 5.63 Å². The molecule has 0 aliphatic rings. The van der Waals surface area contributed by atoms with E-state index in [0.29, 0.717) is 0 Å². The molecule has 110 valence electrons. The summed E-state index contributed by atoms with van der Waals surface area (Å²) < 4.78 is 22.8. The van der Waals surface area contributed by atoms with Crippen LogP contribution in [-0.4, -0.2) is 23.7 Å². The average Bonchev–Trinajstić information content (AvgIpc) is 2.43. The van der Waals surface area contributed by atoms with Gasteiger partial charge in [0, 0.05) is 11.8 Å². The first kappa shape index (κ1) is 14.7. The lowest BCUT2D eigenvalue weighted by Gasteiger charge is -2.04. The van der Waals surface area contributed by atoms with Crippen LogP contribution >= 0.6 is 0 Å². The van der Waals surface area contributed by atoms with Crippen LogP contribution in [0, 0.1) is 5.82 Å². The van der Waals surface area contributed by atoms with Crippen LogP contribution in [-0.2, 0) is 9.53 Å². The monoisotopic (exact) mass is 294 g/mol. The lowest BCUT2D eigenvalue weighted by atomic mass is 10.2. The van der Waals surface area contributed by atoms with Gasteiger partial charge < -0.3 is 14.3 Å². The molecule has 1 aromatic carbocycles. The molecule has 0 radical (unpaired) electrons. The Bertz CT molecular complexity index is 749. The van der Waals surface area contributed by atoms with Gasteiger partial charge in [-0.3, -0.25) is 4.79 Å². The Balaban J connectivity index is 2.17.